The number of carbonyl (C=O) groups excluding carboxylic acids is 3. The molecule has 0 aromatic rings. The van der Waals surface area contributed by atoms with Gasteiger partial charge in [0.1, 0.15) is 0 Å². The Morgan fingerprint density at radius 3 is 2.53 bits per heavy atom. The third-order valence-electron chi connectivity index (χ3n) is 3.46. The van der Waals surface area contributed by atoms with Crippen LogP contribution >= 0.6 is 0 Å². The van der Waals surface area contributed by atoms with E-state index in [1.165, 1.54) is 0 Å². The van der Waals surface area contributed by atoms with Gasteiger partial charge in [-0.1, -0.05) is 0 Å². The third kappa shape index (κ3) is 0.944. The molecule has 5 unspecified atom stereocenters. The van der Waals surface area contributed by atoms with Crippen LogP contribution in [0, 0.1) is 23.7 Å². The Morgan fingerprint density at radius 2 is 1.80 bits per heavy atom. The van der Waals surface area contributed by atoms with Crippen molar-refractivity contribution in [3.05, 3.63) is 0 Å². The Bertz CT molecular complexity index is 375. The van der Waals surface area contributed by atoms with Gasteiger partial charge >= 0.3 is 17.9 Å². The second-order valence-corrected chi connectivity index (χ2v) is 4.13. The maximum absolute atomic E-state index is 11.4. The lowest BCUT2D eigenvalue weighted by molar-refractivity contribution is -0.160. The number of hydrogen-bond acceptors (Lipinski definition) is 6. The molecule has 3 aliphatic rings. The van der Waals surface area contributed by atoms with E-state index in [9.17, 15) is 19.5 Å². The molecule has 0 aromatic heterocycles. The van der Waals surface area contributed by atoms with Crippen LogP contribution in [0.25, 0.3) is 0 Å². The molecule has 5 atom stereocenters. The standard InChI is InChI=1S/C9H8O6/c10-6-2-1-3-5(4(2)8(12)14-6)9(13)15-7(3)11/h2-6,10H,1H2. The van der Waals surface area contributed by atoms with E-state index in [-0.39, 0.29) is 6.42 Å². The maximum Gasteiger partial charge on any atom is 0.318 e. The largest absolute Gasteiger partial charge is 0.435 e. The van der Waals surface area contributed by atoms with Gasteiger partial charge in [-0.25, -0.2) is 0 Å². The number of aliphatic hydroxyl groups excluding tert-OH is 1. The minimum Gasteiger partial charge on any atom is -0.435 e. The number of esters is 3. The molecule has 2 aliphatic heterocycles. The topological polar surface area (TPSA) is 89.9 Å². The first kappa shape index (κ1) is 8.84. The SMILES string of the molecule is O=C1OC(=O)C2C1CC1C(O)OC(=O)C12. The van der Waals surface area contributed by atoms with Crippen LogP contribution in [-0.2, 0) is 23.9 Å². The van der Waals surface area contributed by atoms with Crippen LogP contribution in [0.4, 0.5) is 0 Å². The van der Waals surface area contributed by atoms with Crippen molar-refractivity contribution in [2.24, 2.45) is 23.7 Å². The highest BCUT2D eigenvalue weighted by Gasteiger charge is 2.64. The van der Waals surface area contributed by atoms with Crippen LogP contribution in [0.5, 0.6) is 0 Å². The fourth-order valence-corrected chi connectivity index (χ4v) is 2.80. The van der Waals surface area contributed by atoms with Gasteiger partial charge in [0.25, 0.3) is 0 Å². The van der Waals surface area contributed by atoms with Crippen LogP contribution in [0.15, 0.2) is 0 Å². The van der Waals surface area contributed by atoms with E-state index < -0.39 is 47.9 Å². The zero-order valence-corrected chi connectivity index (χ0v) is 7.58. The average molecular weight is 212 g/mol. The monoisotopic (exact) mass is 212 g/mol. The second kappa shape index (κ2) is 2.57. The Hall–Kier alpha value is -1.43. The van der Waals surface area contributed by atoms with Gasteiger partial charge in [0.05, 0.1) is 17.8 Å². The van der Waals surface area contributed by atoms with Crippen LogP contribution in [0.1, 0.15) is 6.42 Å². The zero-order valence-electron chi connectivity index (χ0n) is 7.58. The van der Waals surface area contributed by atoms with Crippen molar-refractivity contribution in [3.63, 3.8) is 0 Å². The Morgan fingerprint density at radius 1 is 1.07 bits per heavy atom. The highest BCUT2D eigenvalue weighted by Crippen LogP contribution is 2.51. The molecule has 0 spiro atoms. The summed E-state index contributed by atoms with van der Waals surface area (Å²) in [6.07, 6.45) is -0.902. The lowest BCUT2D eigenvalue weighted by Gasteiger charge is -2.09. The summed E-state index contributed by atoms with van der Waals surface area (Å²) in [6, 6.07) is 0. The fourth-order valence-electron chi connectivity index (χ4n) is 2.80. The molecule has 3 rings (SSSR count). The summed E-state index contributed by atoms with van der Waals surface area (Å²) >= 11 is 0. The normalized spacial score (nSPS) is 47.5. The van der Waals surface area contributed by atoms with E-state index in [0.29, 0.717) is 0 Å². The molecule has 15 heavy (non-hydrogen) atoms. The smallest absolute Gasteiger partial charge is 0.318 e. The van der Waals surface area contributed by atoms with Gasteiger partial charge in [-0.2, -0.15) is 0 Å². The number of cyclic esters (lactones) is 3. The molecule has 1 N–H and O–H groups in total. The Kier molecular flexibility index (Phi) is 1.52. The van der Waals surface area contributed by atoms with Crippen molar-refractivity contribution in [1.29, 1.82) is 0 Å². The molecular weight excluding hydrogens is 204 g/mol. The van der Waals surface area contributed by atoms with Crippen molar-refractivity contribution in [1.82, 2.24) is 0 Å². The van der Waals surface area contributed by atoms with E-state index in [0.717, 1.165) is 0 Å². The minimum atomic E-state index is -1.19. The number of aliphatic hydroxyl groups is 1. The lowest BCUT2D eigenvalue weighted by Crippen LogP contribution is -2.24. The van der Waals surface area contributed by atoms with Crippen molar-refractivity contribution in [2.45, 2.75) is 12.7 Å². The highest BCUT2D eigenvalue weighted by molar-refractivity contribution is 6.00. The molecule has 0 amide bonds. The molecule has 0 aromatic carbocycles. The van der Waals surface area contributed by atoms with Crippen LogP contribution in [0.3, 0.4) is 0 Å². The van der Waals surface area contributed by atoms with Gasteiger partial charge in [-0.05, 0) is 6.42 Å². The summed E-state index contributed by atoms with van der Waals surface area (Å²) < 4.78 is 9.07. The molecule has 1 aliphatic carbocycles. The van der Waals surface area contributed by atoms with E-state index >= 15 is 0 Å². The highest BCUT2D eigenvalue weighted by atomic mass is 16.6. The summed E-state index contributed by atoms with van der Waals surface area (Å²) in [5.74, 6) is -4.31. The molecule has 2 heterocycles. The molecule has 3 fully saturated rings. The molecule has 0 bridgehead atoms. The number of rotatable bonds is 0. The first-order valence-electron chi connectivity index (χ1n) is 4.73. The van der Waals surface area contributed by atoms with Gasteiger partial charge in [-0.3, -0.25) is 14.4 Å². The third-order valence-corrected chi connectivity index (χ3v) is 3.46. The molecule has 2 saturated heterocycles. The summed E-state index contributed by atoms with van der Waals surface area (Å²) in [6.45, 7) is 0. The summed E-state index contributed by atoms with van der Waals surface area (Å²) in [5, 5.41) is 9.39. The number of fused-ring (bicyclic) bond motifs is 3. The van der Waals surface area contributed by atoms with Gasteiger partial charge in [0.2, 0.25) is 6.29 Å². The summed E-state index contributed by atoms with van der Waals surface area (Å²) in [7, 11) is 0. The molecule has 0 radical (unpaired) electrons. The Balaban J connectivity index is 1.99. The fraction of sp³-hybridized carbons (Fsp3) is 0.667. The number of ether oxygens (including phenoxy) is 2. The minimum absolute atomic E-state index is 0.285. The van der Waals surface area contributed by atoms with Crippen molar-refractivity contribution < 1.29 is 29.0 Å². The molecular formula is C9H8O6. The van der Waals surface area contributed by atoms with Gasteiger partial charge in [0, 0.05) is 5.92 Å². The Labute approximate surface area is 84.1 Å². The molecule has 80 valence electrons. The molecule has 1 saturated carbocycles. The first-order valence-corrected chi connectivity index (χ1v) is 4.73. The van der Waals surface area contributed by atoms with Gasteiger partial charge in [0.15, 0.2) is 0 Å². The quantitative estimate of drug-likeness (QED) is 0.401. The number of carbonyl (C=O) groups is 3. The van der Waals surface area contributed by atoms with E-state index in [2.05, 4.69) is 9.47 Å². The van der Waals surface area contributed by atoms with Crippen LogP contribution < -0.4 is 0 Å². The molecule has 6 nitrogen and oxygen atoms in total. The lowest BCUT2D eigenvalue weighted by atomic mass is 9.90. The maximum atomic E-state index is 11.4. The average Bonchev–Trinajstić information content (AvgIpc) is 2.72. The van der Waals surface area contributed by atoms with E-state index in [4.69, 9.17) is 0 Å². The predicted octanol–water partition coefficient (Wildman–Crippen LogP) is -1.19. The van der Waals surface area contributed by atoms with Crippen LogP contribution in [-0.4, -0.2) is 29.3 Å². The second-order valence-electron chi connectivity index (χ2n) is 4.13. The number of hydrogen-bond donors (Lipinski definition) is 1. The van der Waals surface area contributed by atoms with Gasteiger partial charge < -0.3 is 14.6 Å². The van der Waals surface area contributed by atoms with Gasteiger partial charge in [-0.15, -0.1) is 0 Å². The van der Waals surface area contributed by atoms with Crippen molar-refractivity contribution in [3.8, 4) is 0 Å². The summed E-state index contributed by atoms with van der Waals surface area (Å²) in [5.41, 5.74) is 0. The van der Waals surface area contributed by atoms with E-state index in [1.54, 1.807) is 0 Å². The zero-order chi connectivity index (χ0) is 10.7. The van der Waals surface area contributed by atoms with Crippen LogP contribution in [0.2, 0.25) is 0 Å². The van der Waals surface area contributed by atoms with E-state index in [1.807, 2.05) is 0 Å². The molecule has 6 heteroatoms. The first-order chi connectivity index (χ1) is 7.09. The van der Waals surface area contributed by atoms with Crippen molar-refractivity contribution >= 4 is 17.9 Å². The summed E-state index contributed by atoms with van der Waals surface area (Å²) in [4.78, 5) is 33.9. The van der Waals surface area contributed by atoms with Crippen molar-refractivity contribution in [2.75, 3.05) is 0 Å². The predicted molar refractivity (Wildman–Crippen MR) is 41.8 cm³/mol.